The van der Waals surface area contributed by atoms with Crippen molar-refractivity contribution in [2.75, 3.05) is 6.61 Å². The van der Waals surface area contributed by atoms with Crippen LogP contribution in [0.2, 0.25) is 0 Å². The fourth-order valence-electron chi connectivity index (χ4n) is 5.56. The van der Waals surface area contributed by atoms with Crippen molar-refractivity contribution in [1.29, 1.82) is 0 Å². The van der Waals surface area contributed by atoms with E-state index in [-0.39, 0.29) is 23.4 Å². The van der Waals surface area contributed by atoms with Crippen LogP contribution >= 0.6 is 15.9 Å². The van der Waals surface area contributed by atoms with Crippen molar-refractivity contribution in [3.05, 3.63) is 110 Å². The van der Waals surface area contributed by atoms with E-state index < -0.39 is 45.9 Å². The van der Waals surface area contributed by atoms with Gasteiger partial charge in [0.15, 0.2) is 11.6 Å². The molecule has 5 rings (SSSR count). The van der Waals surface area contributed by atoms with E-state index in [0.717, 1.165) is 4.47 Å². The maximum Gasteiger partial charge on any atom is 0.323 e. The minimum absolute atomic E-state index is 0.0940. The second-order valence-electron chi connectivity index (χ2n) is 8.78. The molecule has 1 saturated heterocycles. The number of ether oxygens (including phenoxy) is 1. The first-order chi connectivity index (χ1) is 17.3. The van der Waals surface area contributed by atoms with Crippen molar-refractivity contribution >= 4 is 39.2 Å². The van der Waals surface area contributed by atoms with Gasteiger partial charge in [-0.15, -0.1) is 0 Å². The average molecular weight is 549 g/mol. The molecule has 8 nitrogen and oxygen atoms in total. The second kappa shape index (κ2) is 9.07. The van der Waals surface area contributed by atoms with Crippen molar-refractivity contribution in [2.45, 2.75) is 24.9 Å². The molecule has 3 aromatic rings. The van der Waals surface area contributed by atoms with E-state index in [0.29, 0.717) is 11.1 Å². The topological polar surface area (TPSA) is 116 Å². The van der Waals surface area contributed by atoms with E-state index in [9.17, 15) is 24.5 Å². The van der Waals surface area contributed by atoms with Crippen LogP contribution in [0.15, 0.2) is 77.3 Å². The van der Waals surface area contributed by atoms with Crippen molar-refractivity contribution in [1.82, 2.24) is 5.32 Å². The van der Waals surface area contributed by atoms with E-state index in [4.69, 9.17) is 4.74 Å². The van der Waals surface area contributed by atoms with Gasteiger partial charge in [-0.25, -0.2) is 0 Å². The molecule has 0 unspecified atom stereocenters. The number of carbonyl (C=O) groups is 3. The first kappa shape index (κ1) is 24.0. The quantitative estimate of drug-likeness (QED) is 0.211. The van der Waals surface area contributed by atoms with Crippen LogP contribution in [0.25, 0.3) is 0 Å². The monoisotopic (exact) mass is 548 g/mol. The van der Waals surface area contributed by atoms with Crippen LogP contribution in [0.4, 0.5) is 5.69 Å². The number of ketones is 2. The van der Waals surface area contributed by atoms with Crippen LogP contribution < -0.4 is 5.32 Å². The number of nitro groups is 1. The third kappa shape index (κ3) is 3.50. The van der Waals surface area contributed by atoms with E-state index >= 15 is 0 Å². The number of Topliss-reactive ketones (excluding diaryl/α,β-unsaturated/α-hetero) is 2. The first-order valence-electron chi connectivity index (χ1n) is 11.4. The van der Waals surface area contributed by atoms with Crippen molar-refractivity contribution < 1.29 is 24.0 Å². The molecule has 3 atom stereocenters. The highest BCUT2D eigenvalue weighted by atomic mass is 79.9. The number of benzene rings is 3. The Morgan fingerprint density at radius 2 is 1.64 bits per heavy atom. The van der Waals surface area contributed by atoms with Crippen LogP contribution in [0.5, 0.6) is 0 Å². The van der Waals surface area contributed by atoms with E-state index in [1.807, 2.05) is 0 Å². The van der Waals surface area contributed by atoms with Crippen LogP contribution in [-0.2, 0) is 9.53 Å². The van der Waals surface area contributed by atoms with Gasteiger partial charge in [0.05, 0.1) is 17.6 Å². The molecule has 1 spiro atoms. The summed E-state index contributed by atoms with van der Waals surface area (Å²) in [6.07, 6.45) is 0. The molecule has 0 radical (unpaired) electrons. The molecule has 9 heteroatoms. The fraction of sp³-hybridized carbons (Fsp3) is 0.222. The number of nitro benzene ring substituents is 1. The summed E-state index contributed by atoms with van der Waals surface area (Å²) >= 11 is 3.41. The third-order valence-corrected chi connectivity index (χ3v) is 7.51. The molecule has 1 heterocycles. The molecule has 36 heavy (non-hydrogen) atoms. The van der Waals surface area contributed by atoms with Crippen LogP contribution in [-0.4, -0.2) is 35.1 Å². The molecule has 2 aliphatic rings. The van der Waals surface area contributed by atoms with Gasteiger partial charge in [-0.1, -0.05) is 64.5 Å². The van der Waals surface area contributed by atoms with Gasteiger partial charge in [0, 0.05) is 33.7 Å². The van der Waals surface area contributed by atoms with Crippen LogP contribution in [0.3, 0.4) is 0 Å². The molecule has 3 aromatic carbocycles. The predicted octanol–water partition coefficient (Wildman–Crippen LogP) is 4.78. The van der Waals surface area contributed by atoms with Gasteiger partial charge in [0.2, 0.25) is 0 Å². The second-order valence-corrected chi connectivity index (χ2v) is 9.70. The van der Waals surface area contributed by atoms with Gasteiger partial charge >= 0.3 is 5.97 Å². The number of esters is 1. The zero-order valence-corrected chi connectivity index (χ0v) is 20.7. The van der Waals surface area contributed by atoms with Gasteiger partial charge in [0.25, 0.3) is 5.69 Å². The highest BCUT2D eigenvalue weighted by Gasteiger charge is 2.69. The highest BCUT2D eigenvalue weighted by Crippen LogP contribution is 2.59. The molecule has 0 bridgehead atoms. The van der Waals surface area contributed by atoms with E-state index in [1.165, 1.54) is 18.2 Å². The van der Waals surface area contributed by atoms with Crippen LogP contribution in [0, 0.1) is 15.5 Å². The molecule has 1 N–H and O–H groups in total. The Morgan fingerprint density at radius 3 is 2.22 bits per heavy atom. The molecule has 1 aliphatic carbocycles. The zero-order chi connectivity index (χ0) is 25.6. The molecule has 0 aromatic heterocycles. The number of nitrogens with one attached hydrogen (secondary N) is 1. The smallest absolute Gasteiger partial charge is 0.323 e. The van der Waals surface area contributed by atoms with Crippen LogP contribution in [0.1, 0.15) is 50.7 Å². The van der Waals surface area contributed by atoms with Gasteiger partial charge in [0.1, 0.15) is 11.5 Å². The fourth-order valence-corrected chi connectivity index (χ4v) is 5.82. The lowest BCUT2D eigenvalue weighted by Crippen LogP contribution is -2.43. The molecule has 1 aliphatic heterocycles. The Balaban J connectivity index is 1.80. The standard InChI is InChI=1S/C27H21BrN2O6/c1-2-36-26(33)22-21(16-6-5-7-18(14-16)30(34)35)27(23(29-22)15-10-12-17(28)13-11-15)24(31)19-8-3-4-9-20(19)25(27)32/h3-14,21-23,29H,2H2,1H3/t21-,22+,23-/m0/s1. The van der Waals surface area contributed by atoms with Gasteiger partial charge in [-0.3, -0.25) is 29.8 Å². The molecule has 0 saturated carbocycles. The first-order valence-corrected chi connectivity index (χ1v) is 12.2. The molecular weight excluding hydrogens is 528 g/mol. The Bertz CT molecular complexity index is 1370. The lowest BCUT2D eigenvalue weighted by molar-refractivity contribution is -0.384. The Hall–Kier alpha value is -3.69. The minimum atomic E-state index is -1.75. The van der Waals surface area contributed by atoms with Crippen molar-refractivity contribution in [3.8, 4) is 0 Å². The largest absolute Gasteiger partial charge is 0.465 e. The molecular formula is C27H21BrN2O6. The number of rotatable bonds is 5. The molecule has 182 valence electrons. The summed E-state index contributed by atoms with van der Waals surface area (Å²) < 4.78 is 6.15. The highest BCUT2D eigenvalue weighted by molar-refractivity contribution is 9.10. The number of nitrogens with zero attached hydrogens (tertiary/aromatic N) is 1. The molecule has 0 amide bonds. The summed E-state index contributed by atoms with van der Waals surface area (Å²) in [7, 11) is 0. The summed E-state index contributed by atoms with van der Waals surface area (Å²) in [6.45, 7) is 1.76. The molecule has 1 fully saturated rings. The Kier molecular flexibility index (Phi) is 6.05. The number of carbonyl (C=O) groups excluding carboxylic acids is 3. The lowest BCUT2D eigenvalue weighted by Gasteiger charge is -2.33. The average Bonchev–Trinajstić information content (AvgIpc) is 3.35. The summed E-state index contributed by atoms with van der Waals surface area (Å²) in [5, 5.41) is 14.8. The van der Waals surface area contributed by atoms with Crippen molar-refractivity contribution in [3.63, 3.8) is 0 Å². The van der Waals surface area contributed by atoms with E-state index in [2.05, 4.69) is 21.2 Å². The normalized spacial score (nSPS) is 22.0. The maximum absolute atomic E-state index is 14.3. The summed E-state index contributed by atoms with van der Waals surface area (Å²) in [6, 6.07) is 17.5. The summed E-state index contributed by atoms with van der Waals surface area (Å²) in [5.41, 5.74) is -0.436. The SMILES string of the molecule is CCOC(=O)[C@@H]1N[C@@H](c2ccc(Br)cc2)C2(C(=O)c3ccccc3C2=O)[C@H]1c1cccc([N+](=O)[O-])c1. The summed E-state index contributed by atoms with van der Waals surface area (Å²) in [5.74, 6) is -2.53. The maximum atomic E-state index is 14.3. The third-order valence-electron chi connectivity index (χ3n) is 6.98. The van der Waals surface area contributed by atoms with Gasteiger partial charge in [-0.05, 0) is 30.2 Å². The predicted molar refractivity (Wildman–Crippen MR) is 134 cm³/mol. The number of fused-ring (bicyclic) bond motifs is 1. The van der Waals surface area contributed by atoms with Crippen molar-refractivity contribution in [2.24, 2.45) is 5.41 Å². The van der Waals surface area contributed by atoms with E-state index in [1.54, 1.807) is 61.5 Å². The van der Waals surface area contributed by atoms with Gasteiger partial charge < -0.3 is 4.74 Å². The van der Waals surface area contributed by atoms with Gasteiger partial charge in [-0.2, -0.15) is 0 Å². The number of hydrogen-bond donors (Lipinski definition) is 1. The Labute approximate surface area is 214 Å². The zero-order valence-electron chi connectivity index (χ0n) is 19.1. The lowest BCUT2D eigenvalue weighted by atomic mass is 9.63. The Morgan fingerprint density at radius 1 is 1.00 bits per heavy atom. The minimum Gasteiger partial charge on any atom is -0.465 e. The number of halogens is 1. The number of hydrogen-bond acceptors (Lipinski definition) is 7. The number of non-ortho nitro benzene ring substituents is 1. The summed E-state index contributed by atoms with van der Waals surface area (Å²) in [4.78, 5) is 52.8.